The van der Waals surface area contributed by atoms with Crippen molar-refractivity contribution < 1.29 is 19.8 Å². The van der Waals surface area contributed by atoms with Crippen LogP contribution in [0.3, 0.4) is 0 Å². The molecule has 1 aromatic heterocycles. The molecule has 0 atom stereocenters. The third-order valence-electron chi connectivity index (χ3n) is 3.62. The zero-order chi connectivity index (χ0) is 14.3. The number of fused-ring (bicyclic) bond motifs is 3. The molecule has 0 saturated carbocycles. The summed E-state index contributed by atoms with van der Waals surface area (Å²) in [4.78, 5) is 24.9. The summed E-state index contributed by atoms with van der Waals surface area (Å²) in [5.41, 5.74) is 1.52. The molecule has 0 aliphatic carbocycles. The standard InChI is InChI=1S/C14H14N2O4/c17-6-5-15-3-4-16-11-8-10(14(19)20)2-1-9(11)7-12(16)13(15)18/h1-2,7-8,17H,3-6H2,(H,19,20). The van der Waals surface area contributed by atoms with E-state index in [2.05, 4.69) is 0 Å². The van der Waals surface area contributed by atoms with Gasteiger partial charge in [0.2, 0.25) is 0 Å². The molecule has 1 aliphatic heterocycles. The van der Waals surface area contributed by atoms with E-state index in [-0.39, 0.29) is 18.1 Å². The van der Waals surface area contributed by atoms with Gasteiger partial charge < -0.3 is 19.7 Å². The number of rotatable bonds is 3. The van der Waals surface area contributed by atoms with Gasteiger partial charge in [-0.3, -0.25) is 4.79 Å². The van der Waals surface area contributed by atoms with E-state index in [1.807, 2.05) is 4.57 Å². The molecule has 0 saturated heterocycles. The summed E-state index contributed by atoms with van der Waals surface area (Å²) in [5.74, 6) is -1.11. The van der Waals surface area contributed by atoms with Crippen LogP contribution in [0.1, 0.15) is 20.8 Å². The molecule has 0 fully saturated rings. The first kappa shape index (κ1) is 12.7. The van der Waals surface area contributed by atoms with Crippen LogP contribution in [0.15, 0.2) is 24.3 Å². The zero-order valence-electron chi connectivity index (χ0n) is 10.7. The number of aromatic nitrogens is 1. The minimum absolute atomic E-state index is 0.0604. The predicted octanol–water partition coefficient (Wildman–Crippen LogP) is 0.788. The Bertz CT molecular complexity index is 705. The van der Waals surface area contributed by atoms with Gasteiger partial charge in [-0.15, -0.1) is 0 Å². The second-order valence-electron chi connectivity index (χ2n) is 4.78. The predicted molar refractivity (Wildman–Crippen MR) is 71.9 cm³/mol. The largest absolute Gasteiger partial charge is 0.478 e. The second kappa shape index (κ2) is 4.64. The minimum Gasteiger partial charge on any atom is -0.478 e. The number of carboxylic acid groups (broad SMARTS) is 1. The van der Waals surface area contributed by atoms with Crippen LogP contribution in [0.5, 0.6) is 0 Å². The Morgan fingerprint density at radius 2 is 2.05 bits per heavy atom. The molecule has 2 aromatic rings. The Morgan fingerprint density at radius 3 is 2.75 bits per heavy atom. The van der Waals surface area contributed by atoms with E-state index in [4.69, 9.17) is 10.2 Å². The molecule has 0 radical (unpaired) electrons. The summed E-state index contributed by atoms with van der Waals surface area (Å²) >= 11 is 0. The van der Waals surface area contributed by atoms with Crippen molar-refractivity contribution in [1.29, 1.82) is 0 Å². The number of amides is 1. The highest BCUT2D eigenvalue weighted by Crippen LogP contribution is 2.25. The zero-order valence-corrected chi connectivity index (χ0v) is 10.7. The Labute approximate surface area is 114 Å². The van der Waals surface area contributed by atoms with Gasteiger partial charge in [0.25, 0.3) is 5.91 Å². The molecule has 1 amide bonds. The van der Waals surface area contributed by atoms with Gasteiger partial charge in [0.1, 0.15) is 5.69 Å². The fourth-order valence-electron chi connectivity index (χ4n) is 2.62. The number of aliphatic hydroxyl groups excluding tert-OH is 1. The van der Waals surface area contributed by atoms with Crippen LogP contribution < -0.4 is 0 Å². The van der Waals surface area contributed by atoms with Crippen molar-refractivity contribution in [2.45, 2.75) is 6.54 Å². The van der Waals surface area contributed by atoms with E-state index in [1.54, 1.807) is 23.1 Å². The number of carbonyl (C=O) groups is 2. The summed E-state index contributed by atoms with van der Waals surface area (Å²) in [6.45, 7) is 1.39. The van der Waals surface area contributed by atoms with Crippen molar-refractivity contribution in [3.05, 3.63) is 35.5 Å². The fraction of sp³-hybridized carbons (Fsp3) is 0.286. The monoisotopic (exact) mass is 274 g/mol. The van der Waals surface area contributed by atoms with Crippen LogP contribution in [0.4, 0.5) is 0 Å². The van der Waals surface area contributed by atoms with Crippen molar-refractivity contribution in [3.8, 4) is 0 Å². The maximum absolute atomic E-state index is 12.3. The number of aromatic carboxylic acids is 1. The molecule has 1 aliphatic rings. The van der Waals surface area contributed by atoms with E-state index in [9.17, 15) is 9.59 Å². The Morgan fingerprint density at radius 1 is 1.25 bits per heavy atom. The summed E-state index contributed by atoms with van der Waals surface area (Å²) in [6, 6.07) is 6.61. The van der Waals surface area contributed by atoms with Crippen LogP contribution >= 0.6 is 0 Å². The smallest absolute Gasteiger partial charge is 0.335 e. The van der Waals surface area contributed by atoms with Crippen molar-refractivity contribution in [1.82, 2.24) is 9.47 Å². The van der Waals surface area contributed by atoms with Gasteiger partial charge in [-0.1, -0.05) is 6.07 Å². The summed E-state index contributed by atoms with van der Waals surface area (Å²) in [7, 11) is 0. The molecule has 6 nitrogen and oxygen atoms in total. The van der Waals surface area contributed by atoms with Crippen molar-refractivity contribution in [2.24, 2.45) is 0 Å². The fourth-order valence-corrected chi connectivity index (χ4v) is 2.62. The first-order valence-electron chi connectivity index (χ1n) is 6.38. The molecule has 2 N–H and O–H groups in total. The Kier molecular flexibility index (Phi) is 2.94. The normalized spacial score (nSPS) is 14.7. The van der Waals surface area contributed by atoms with Crippen LogP contribution in [0, 0.1) is 0 Å². The second-order valence-corrected chi connectivity index (χ2v) is 4.78. The summed E-state index contributed by atoms with van der Waals surface area (Å²) in [5, 5.41) is 18.8. The number of aliphatic hydroxyl groups is 1. The van der Waals surface area contributed by atoms with Gasteiger partial charge in [-0.2, -0.15) is 0 Å². The number of carboxylic acids is 1. The molecule has 104 valence electrons. The molecular weight excluding hydrogens is 260 g/mol. The van der Waals surface area contributed by atoms with E-state index in [1.165, 1.54) is 6.07 Å². The maximum atomic E-state index is 12.3. The molecule has 1 aromatic carbocycles. The number of hydrogen-bond donors (Lipinski definition) is 2. The molecular formula is C14H14N2O4. The van der Waals surface area contributed by atoms with Crippen LogP contribution in [-0.4, -0.2) is 51.3 Å². The van der Waals surface area contributed by atoms with E-state index >= 15 is 0 Å². The average molecular weight is 274 g/mol. The van der Waals surface area contributed by atoms with Crippen molar-refractivity contribution in [3.63, 3.8) is 0 Å². The third-order valence-corrected chi connectivity index (χ3v) is 3.62. The first-order chi connectivity index (χ1) is 9.61. The summed E-state index contributed by atoms with van der Waals surface area (Å²) < 4.78 is 1.85. The van der Waals surface area contributed by atoms with Gasteiger partial charge in [0.15, 0.2) is 0 Å². The van der Waals surface area contributed by atoms with Gasteiger partial charge >= 0.3 is 5.97 Å². The lowest BCUT2D eigenvalue weighted by Crippen LogP contribution is -2.41. The lowest BCUT2D eigenvalue weighted by molar-refractivity contribution is 0.0669. The molecule has 6 heteroatoms. The van der Waals surface area contributed by atoms with Gasteiger partial charge in [-0.25, -0.2) is 4.79 Å². The van der Waals surface area contributed by atoms with Gasteiger partial charge in [-0.05, 0) is 18.2 Å². The van der Waals surface area contributed by atoms with E-state index in [0.29, 0.717) is 25.3 Å². The molecule has 20 heavy (non-hydrogen) atoms. The molecule has 3 rings (SSSR count). The van der Waals surface area contributed by atoms with E-state index < -0.39 is 5.97 Å². The van der Waals surface area contributed by atoms with E-state index in [0.717, 1.165) is 10.9 Å². The molecule has 0 unspecified atom stereocenters. The number of β-amino-alcohol motifs (C(OH)–C–C–N with tert-alkyl or cyclic N) is 1. The number of carbonyl (C=O) groups excluding carboxylic acids is 1. The SMILES string of the molecule is O=C(O)c1ccc2cc3n(c2c1)CCN(CCO)C3=O. The third kappa shape index (κ3) is 1.85. The lowest BCUT2D eigenvalue weighted by Gasteiger charge is -2.28. The topological polar surface area (TPSA) is 82.8 Å². The highest BCUT2D eigenvalue weighted by atomic mass is 16.4. The Balaban J connectivity index is 2.10. The first-order valence-corrected chi connectivity index (χ1v) is 6.38. The maximum Gasteiger partial charge on any atom is 0.335 e. The quantitative estimate of drug-likeness (QED) is 0.866. The number of nitrogens with zero attached hydrogens (tertiary/aromatic N) is 2. The Hall–Kier alpha value is -2.34. The van der Waals surface area contributed by atoms with Gasteiger partial charge in [0, 0.05) is 30.5 Å². The van der Waals surface area contributed by atoms with Crippen LogP contribution in [0.2, 0.25) is 0 Å². The number of benzene rings is 1. The highest BCUT2D eigenvalue weighted by molar-refractivity contribution is 6.01. The average Bonchev–Trinajstić information content (AvgIpc) is 2.80. The van der Waals surface area contributed by atoms with Crippen LogP contribution in [0.25, 0.3) is 10.9 Å². The molecule has 0 bridgehead atoms. The van der Waals surface area contributed by atoms with Crippen molar-refractivity contribution in [2.75, 3.05) is 19.7 Å². The summed E-state index contributed by atoms with van der Waals surface area (Å²) in [6.07, 6.45) is 0. The molecule has 2 heterocycles. The lowest BCUT2D eigenvalue weighted by atomic mass is 10.1. The van der Waals surface area contributed by atoms with Crippen molar-refractivity contribution >= 4 is 22.8 Å². The highest BCUT2D eigenvalue weighted by Gasteiger charge is 2.26. The number of hydrogen-bond acceptors (Lipinski definition) is 3. The van der Waals surface area contributed by atoms with Crippen LogP contribution in [-0.2, 0) is 6.54 Å². The van der Waals surface area contributed by atoms with Gasteiger partial charge in [0.05, 0.1) is 12.2 Å². The molecule has 0 spiro atoms. The minimum atomic E-state index is -0.980.